The molecule has 0 bridgehead atoms. The maximum absolute atomic E-state index is 9.28. The number of fused-ring (bicyclic) bond motifs is 1. The van der Waals surface area contributed by atoms with Gasteiger partial charge >= 0.3 is 0 Å². The molecule has 1 saturated heterocycles. The Bertz CT molecular complexity index is 622. The number of hydrogen-bond donors (Lipinski definition) is 1. The molecule has 1 fully saturated rings. The zero-order chi connectivity index (χ0) is 13.8. The Balaban J connectivity index is 1.66. The lowest BCUT2D eigenvalue weighted by Gasteiger charge is -2.22. The molecule has 104 valence electrons. The van der Waals surface area contributed by atoms with Crippen molar-refractivity contribution in [1.82, 2.24) is 9.38 Å². The Labute approximate surface area is 118 Å². The van der Waals surface area contributed by atoms with Crippen molar-refractivity contribution in [3.05, 3.63) is 30.1 Å². The van der Waals surface area contributed by atoms with Crippen LogP contribution in [-0.2, 0) is 4.74 Å². The molecule has 0 amide bonds. The van der Waals surface area contributed by atoms with Crippen LogP contribution >= 0.6 is 0 Å². The lowest BCUT2D eigenvalue weighted by molar-refractivity contribution is 0.0134. The van der Waals surface area contributed by atoms with Gasteiger partial charge in [0.15, 0.2) is 11.5 Å². The summed E-state index contributed by atoms with van der Waals surface area (Å²) >= 11 is 0. The molecule has 0 aliphatic carbocycles. The van der Waals surface area contributed by atoms with Gasteiger partial charge in [-0.15, -0.1) is 0 Å². The van der Waals surface area contributed by atoms with E-state index in [-0.39, 0.29) is 0 Å². The first-order valence-electron chi connectivity index (χ1n) is 7.11. The van der Waals surface area contributed by atoms with Gasteiger partial charge in [-0.05, 0) is 37.8 Å². The Hall–Kier alpha value is -2.06. The third kappa shape index (κ3) is 2.61. The van der Waals surface area contributed by atoms with E-state index in [9.17, 15) is 5.26 Å². The van der Waals surface area contributed by atoms with Gasteiger partial charge in [-0.1, -0.05) is 6.07 Å². The number of anilines is 1. The van der Waals surface area contributed by atoms with Crippen molar-refractivity contribution in [2.75, 3.05) is 18.5 Å². The second-order valence-electron chi connectivity index (χ2n) is 5.05. The van der Waals surface area contributed by atoms with Crippen molar-refractivity contribution in [1.29, 1.82) is 5.26 Å². The molecule has 1 N–H and O–H groups in total. The van der Waals surface area contributed by atoms with E-state index in [1.807, 2.05) is 24.4 Å². The van der Waals surface area contributed by atoms with Crippen LogP contribution in [0.25, 0.3) is 5.65 Å². The summed E-state index contributed by atoms with van der Waals surface area (Å²) in [6.07, 6.45) is 6.73. The SMILES string of the molecule is N#Cc1c(NCCC2CCCCO2)nc2ccccn12. The predicted molar refractivity (Wildman–Crippen MR) is 76.6 cm³/mol. The summed E-state index contributed by atoms with van der Waals surface area (Å²) in [5.41, 5.74) is 1.35. The van der Waals surface area contributed by atoms with Crippen LogP contribution in [-0.4, -0.2) is 28.6 Å². The van der Waals surface area contributed by atoms with Gasteiger partial charge in [0.05, 0.1) is 6.10 Å². The highest BCUT2D eigenvalue weighted by Gasteiger charge is 2.15. The van der Waals surface area contributed by atoms with Gasteiger partial charge in [0.25, 0.3) is 0 Å². The summed E-state index contributed by atoms with van der Waals surface area (Å²) in [6, 6.07) is 7.93. The maximum Gasteiger partial charge on any atom is 0.168 e. The summed E-state index contributed by atoms with van der Waals surface area (Å²) in [4.78, 5) is 4.45. The Morgan fingerprint density at radius 3 is 3.20 bits per heavy atom. The lowest BCUT2D eigenvalue weighted by atomic mass is 10.1. The molecule has 1 aliphatic rings. The highest BCUT2D eigenvalue weighted by Crippen LogP contribution is 2.18. The van der Waals surface area contributed by atoms with Crippen LogP contribution in [0.3, 0.4) is 0 Å². The summed E-state index contributed by atoms with van der Waals surface area (Å²) in [5, 5.41) is 12.5. The number of nitrogens with zero attached hydrogens (tertiary/aromatic N) is 3. The van der Waals surface area contributed by atoms with E-state index in [0.717, 1.165) is 31.6 Å². The van der Waals surface area contributed by atoms with Crippen LogP contribution in [0.1, 0.15) is 31.4 Å². The fraction of sp³-hybridized carbons (Fsp3) is 0.467. The molecule has 5 heteroatoms. The van der Waals surface area contributed by atoms with E-state index in [1.165, 1.54) is 12.8 Å². The smallest absolute Gasteiger partial charge is 0.168 e. The molecule has 0 saturated carbocycles. The first kappa shape index (κ1) is 12.9. The first-order valence-corrected chi connectivity index (χ1v) is 7.11. The third-order valence-corrected chi connectivity index (χ3v) is 3.67. The quantitative estimate of drug-likeness (QED) is 0.927. The normalized spacial score (nSPS) is 18.9. The molecule has 5 nitrogen and oxygen atoms in total. The Morgan fingerprint density at radius 2 is 2.40 bits per heavy atom. The standard InChI is InChI=1S/C15H18N4O/c16-11-13-15(18-14-6-1-3-9-19(13)14)17-8-7-12-5-2-4-10-20-12/h1,3,6,9,12,17H,2,4-5,7-8,10H2. The van der Waals surface area contributed by atoms with E-state index >= 15 is 0 Å². The molecule has 1 unspecified atom stereocenters. The third-order valence-electron chi connectivity index (χ3n) is 3.67. The zero-order valence-corrected chi connectivity index (χ0v) is 11.4. The molecule has 0 spiro atoms. The van der Waals surface area contributed by atoms with E-state index in [2.05, 4.69) is 16.4 Å². The topological polar surface area (TPSA) is 62.3 Å². The van der Waals surface area contributed by atoms with Gasteiger partial charge in [0.1, 0.15) is 11.7 Å². The largest absolute Gasteiger partial charge is 0.378 e. The molecule has 0 aromatic carbocycles. The van der Waals surface area contributed by atoms with Gasteiger partial charge < -0.3 is 10.1 Å². The molecular weight excluding hydrogens is 252 g/mol. The highest BCUT2D eigenvalue weighted by atomic mass is 16.5. The molecule has 1 aliphatic heterocycles. The summed E-state index contributed by atoms with van der Waals surface area (Å²) in [5.74, 6) is 0.662. The first-order chi connectivity index (χ1) is 9.88. The molecule has 3 heterocycles. The molecule has 1 atom stereocenters. The van der Waals surface area contributed by atoms with Crippen LogP contribution in [0.4, 0.5) is 5.82 Å². The number of nitriles is 1. The predicted octanol–water partition coefficient (Wildman–Crippen LogP) is 2.58. The molecule has 2 aromatic heterocycles. The Kier molecular flexibility index (Phi) is 3.84. The van der Waals surface area contributed by atoms with E-state index in [0.29, 0.717) is 17.6 Å². The molecule has 0 radical (unpaired) electrons. The average molecular weight is 270 g/mol. The van der Waals surface area contributed by atoms with Crippen molar-refractivity contribution in [2.24, 2.45) is 0 Å². The van der Waals surface area contributed by atoms with E-state index in [1.54, 1.807) is 4.40 Å². The van der Waals surface area contributed by atoms with Gasteiger partial charge in [-0.25, -0.2) is 4.98 Å². The molecular formula is C15H18N4O. The van der Waals surface area contributed by atoms with Crippen LogP contribution in [0.5, 0.6) is 0 Å². The molecule has 3 rings (SSSR count). The van der Waals surface area contributed by atoms with E-state index < -0.39 is 0 Å². The number of nitrogens with one attached hydrogen (secondary N) is 1. The maximum atomic E-state index is 9.28. The minimum absolute atomic E-state index is 0.346. The number of ether oxygens (including phenoxy) is 1. The molecule has 2 aromatic rings. The van der Waals surface area contributed by atoms with Gasteiger partial charge in [-0.2, -0.15) is 5.26 Å². The Morgan fingerprint density at radius 1 is 1.45 bits per heavy atom. The minimum Gasteiger partial charge on any atom is -0.378 e. The van der Waals surface area contributed by atoms with Crippen molar-refractivity contribution in [2.45, 2.75) is 31.8 Å². The van der Waals surface area contributed by atoms with Crippen molar-refractivity contribution in [3.63, 3.8) is 0 Å². The summed E-state index contributed by atoms with van der Waals surface area (Å²) in [7, 11) is 0. The monoisotopic (exact) mass is 270 g/mol. The van der Waals surface area contributed by atoms with Crippen LogP contribution in [0.2, 0.25) is 0 Å². The average Bonchev–Trinajstić information content (AvgIpc) is 2.86. The number of aromatic nitrogens is 2. The summed E-state index contributed by atoms with van der Waals surface area (Å²) < 4.78 is 7.51. The fourth-order valence-electron chi connectivity index (χ4n) is 2.61. The van der Waals surface area contributed by atoms with Crippen molar-refractivity contribution < 1.29 is 4.74 Å². The molecule has 20 heavy (non-hydrogen) atoms. The van der Waals surface area contributed by atoms with Gasteiger partial charge in [0, 0.05) is 19.3 Å². The number of hydrogen-bond acceptors (Lipinski definition) is 4. The highest BCUT2D eigenvalue weighted by molar-refractivity contribution is 5.58. The minimum atomic E-state index is 0.346. The number of pyridine rings is 1. The van der Waals surface area contributed by atoms with Gasteiger partial charge in [0.2, 0.25) is 0 Å². The summed E-state index contributed by atoms with van der Waals surface area (Å²) in [6.45, 7) is 1.66. The fourth-order valence-corrected chi connectivity index (χ4v) is 2.61. The number of rotatable bonds is 4. The van der Waals surface area contributed by atoms with E-state index in [4.69, 9.17) is 4.74 Å². The lowest BCUT2D eigenvalue weighted by Crippen LogP contribution is -2.22. The second-order valence-corrected chi connectivity index (χ2v) is 5.05. The van der Waals surface area contributed by atoms with Crippen molar-refractivity contribution >= 4 is 11.5 Å². The number of imidazole rings is 1. The van der Waals surface area contributed by atoms with Crippen LogP contribution in [0.15, 0.2) is 24.4 Å². The van der Waals surface area contributed by atoms with Crippen molar-refractivity contribution in [3.8, 4) is 6.07 Å². The second kappa shape index (κ2) is 5.93. The van der Waals surface area contributed by atoms with Crippen LogP contribution < -0.4 is 5.32 Å². The van der Waals surface area contributed by atoms with Gasteiger partial charge in [-0.3, -0.25) is 4.40 Å². The zero-order valence-electron chi connectivity index (χ0n) is 11.4. The van der Waals surface area contributed by atoms with Crippen LogP contribution in [0, 0.1) is 11.3 Å².